The summed E-state index contributed by atoms with van der Waals surface area (Å²) in [5.41, 5.74) is 2.50. The van der Waals surface area contributed by atoms with Crippen LogP contribution in [0.3, 0.4) is 0 Å². The Morgan fingerprint density at radius 3 is 2.50 bits per heavy atom. The molecule has 0 fully saturated rings. The molecule has 1 amide bonds. The van der Waals surface area contributed by atoms with Gasteiger partial charge in [0.1, 0.15) is 18.1 Å². The Morgan fingerprint density at radius 1 is 1.21 bits per heavy atom. The van der Waals surface area contributed by atoms with E-state index in [2.05, 4.69) is 10.1 Å². The largest absolute Gasteiger partial charge is 0.468 e. The summed E-state index contributed by atoms with van der Waals surface area (Å²) >= 11 is 0. The SMILES string of the molecule is COC(=O)CN(C(=O)c1cc(-c2cc(C)oc2C)nc2onc(C)c12)C(C)C. The maximum Gasteiger partial charge on any atom is 0.325 e. The van der Waals surface area contributed by atoms with E-state index in [0.29, 0.717) is 28.1 Å². The molecule has 8 heteroatoms. The summed E-state index contributed by atoms with van der Waals surface area (Å²) in [6.45, 7) is 8.95. The van der Waals surface area contributed by atoms with Crippen LogP contribution in [0, 0.1) is 20.8 Å². The van der Waals surface area contributed by atoms with E-state index in [1.54, 1.807) is 13.0 Å². The summed E-state index contributed by atoms with van der Waals surface area (Å²) in [5, 5.41) is 4.49. The lowest BCUT2D eigenvalue weighted by atomic mass is 10.0. The first kappa shape index (κ1) is 19.6. The molecule has 0 aliphatic carbocycles. The zero-order valence-corrected chi connectivity index (χ0v) is 16.8. The number of aromatic nitrogens is 2. The number of esters is 1. The van der Waals surface area contributed by atoms with Crippen LogP contribution in [0.1, 0.15) is 41.4 Å². The van der Waals surface area contributed by atoms with Gasteiger partial charge in [0.25, 0.3) is 11.6 Å². The van der Waals surface area contributed by atoms with E-state index in [-0.39, 0.29) is 24.2 Å². The molecule has 0 radical (unpaired) electrons. The van der Waals surface area contributed by atoms with Crippen molar-refractivity contribution in [3.05, 3.63) is 34.9 Å². The summed E-state index contributed by atoms with van der Waals surface area (Å²) in [6.07, 6.45) is 0. The first-order chi connectivity index (χ1) is 13.2. The topological polar surface area (TPSA) is 98.7 Å². The van der Waals surface area contributed by atoms with Crippen LogP contribution >= 0.6 is 0 Å². The molecule has 0 bridgehead atoms. The van der Waals surface area contributed by atoms with Gasteiger partial charge in [-0.15, -0.1) is 0 Å². The zero-order valence-electron chi connectivity index (χ0n) is 16.8. The number of rotatable bonds is 5. The molecule has 3 aromatic heterocycles. The van der Waals surface area contributed by atoms with Crippen molar-refractivity contribution in [2.24, 2.45) is 0 Å². The monoisotopic (exact) mass is 385 g/mol. The summed E-state index contributed by atoms with van der Waals surface area (Å²) in [6, 6.07) is 3.34. The van der Waals surface area contributed by atoms with Crippen molar-refractivity contribution < 1.29 is 23.3 Å². The van der Waals surface area contributed by atoms with E-state index in [0.717, 1.165) is 11.3 Å². The molecule has 0 N–H and O–H groups in total. The Morgan fingerprint density at radius 2 is 1.93 bits per heavy atom. The highest BCUT2D eigenvalue weighted by Gasteiger charge is 2.27. The minimum Gasteiger partial charge on any atom is -0.468 e. The third-order valence-corrected chi connectivity index (χ3v) is 4.58. The highest BCUT2D eigenvalue weighted by molar-refractivity contribution is 6.07. The molecule has 0 aliphatic heterocycles. The van der Waals surface area contributed by atoms with Crippen LogP contribution in [0.2, 0.25) is 0 Å². The average Bonchev–Trinajstić information content (AvgIpc) is 3.19. The van der Waals surface area contributed by atoms with Crippen LogP contribution in [0.25, 0.3) is 22.4 Å². The number of methoxy groups -OCH3 is 1. The number of carbonyl (C=O) groups is 2. The number of carbonyl (C=O) groups excluding carboxylic acids is 2. The minimum atomic E-state index is -0.490. The fraction of sp³-hybridized carbons (Fsp3) is 0.400. The molecule has 0 saturated heterocycles. The van der Waals surface area contributed by atoms with Crippen molar-refractivity contribution in [1.29, 1.82) is 0 Å². The second-order valence-electron chi connectivity index (χ2n) is 6.93. The maximum atomic E-state index is 13.4. The predicted molar refractivity (Wildman–Crippen MR) is 102 cm³/mol. The van der Waals surface area contributed by atoms with Gasteiger partial charge in [-0.1, -0.05) is 5.16 Å². The molecule has 3 rings (SSSR count). The third-order valence-electron chi connectivity index (χ3n) is 4.58. The van der Waals surface area contributed by atoms with Crippen molar-refractivity contribution in [3.63, 3.8) is 0 Å². The van der Waals surface area contributed by atoms with Gasteiger partial charge in [-0.05, 0) is 46.8 Å². The van der Waals surface area contributed by atoms with Gasteiger partial charge in [0.05, 0.1) is 29.4 Å². The zero-order chi connectivity index (χ0) is 20.6. The van der Waals surface area contributed by atoms with Crippen molar-refractivity contribution in [2.45, 2.75) is 40.7 Å². The van der Waals surface area contributed by atoms with E-state index in [1.165, 1.54) is 12.0 Å². The molecule has 3 heterocycles. The van der Waals surface area contributed by atoms with Crippen molar-refractivity contribution in [3.8, 4) is 11.3 Å². The van der Waals surface area contributed by atoms with E-state index in [1.807, 2.05) is 33.8 Å². The Hall–Kier alpha value is -3.16. The van der Waals surface area contributed by atoms with Crippen molar-refractivity contribution in [1.82, 2.24) is 15.0 Å². The Kier molecular flexibility index (Phi) is 5.22. The van der Waals surface area contributed by atoms with E-state index in [9.17, 15) is 9.59 Å². The molecule has 0 aromatic carbocycles. The minimum absolute atomic E-state index is 0.152. The van der Waals surface area contributed by atoms with E-state index >= 15 is 0 Å². The maximum absolute atomic E-state index is 13.4. The lowest BCUT2D eigenvalue weighted by Crippen LogP contribution is -2.41. The average molecular weight is 385 g/mol. The Labute approximate surface area is 162 Å². The molecule has 3 aromatic rings. The van der Waals surface area contributed by atoms with Crippen LogP contribution in [-0.2, 0) is 9.53 Å². The lowest BCUT2D eigenvalue weighted by molar-refractivity contribution is -0.141. The number of amides is 1. The molecular weight excluding hydrogens is 362 g/mol. The first-order valence-corrected chi connectivity index (χ1v) is 8.95. The normalized spacial score (nSPS) is 11.2. The Balaban J connectivity index is 2.17. The Bertz CT molecular complexity index is 1050. The smallest absolute Gasteiger partial charge is 0.325 e. The number of fused-ring (bicyclic) bond motifs is 1. The number of pyridine rings is 1. The van der Waals surface area contributed by atoms with Crippen molar-refractivity contribution in [2.75, 3.05) is 13.7 Å². The highest BCUT2D eigenvalue weighted by Crippen LogP contribution is 2.31. The van der Waals surface area contributed by atoms with Gasteiger partial charge >= 0.3 is 5.97 Å². The number of ether oxygens (including phenoxy) is 1. The van der Waals surface area contributed by atoms with Crippen LogP contribution in [-0.4, -0.2) is 46.6 Å². The molecule has 0 saturated carbocycles. The summed E-state index contributed by atoms with van der Waals surface area (Å²) in [4.78, 5) is 31.1. The van der Waals surface area contributed by atoms with E-state index in [4.69, 9.17) is 13.7 Å². The molecule has 0 atom stereocenters. The third kappa shape index (κ3) is 3.49. The van der Waals surface area contributed by atoms with Crippen LogP contribution < -0.4 is 0 Å². The van der Waals surface area contributed by atoms with Gasteiger partial charge in [0.15, 0.2) is 0 Å². The van der Waals surface area contributed by atoms with Crippen LogP contribution in [0.4, 0.5) is 0 Å². The molecule has 0 unspecified atom stereocenters. The second-order valence-corrected chi connectivity index (χ2v) is 6.93. The summed E-state index contributed by atoms with van der Waals surface area (Å²) < 4.78 is 15.7. The van der Waals surface area contributed by atoms with Gasteiger partial charge in [0.2, 0.25) is 0 Å². The van der Waals surface area contributed by atoms with Gasteiger partial charge in [-0.3, -0.25) is 9.59 Å². The van der Waals surface area contributed by atoms with Crippen molar-refractivity contribution >= 4 is 23.0 Å². The number of hydrogen-bond donors (Lipinski definition) is 0. The number of furan rings is 1. The molecule has 8 nitrogen and oxygen atoms in total. The van der Waals surface area contributed by atoms with Gasteiger partial charge < -0.3 is 18.6 Å². The summed E-state index contributed by atoms with van der Waals surface area (Å²) in [7, 11) is 1.29. The molecule has 0 aliphatic rings. The molecule has 148 valence electrons. The standard InChI is InChI=1S/C20H23N3O5/c1-10(2)23(9-17(24)26-6)20(25)15-8-16(14-7-11(3)27-13(14)5)21-19-18(15)12(4)22-28-19/h7-8,10H,9H2,1-6H3. The lowest BCUT2D eigenvalue weighted by Gasteiger charge is -2.26. The fourth-order valence-corrected chi connectivity index (χ4v) is 3.13. The van der Waals surface area contributed by atoms with Crippen LogP contribution in [0.5, 0.6) is 0 Å². The van der Waals surface area contributed by atoms with E-state index < -0.39 is 5.97 Å². The summed E-state index contributed by atoms with van der Waals surface area (Å²) in [5.74, 6) is 0.619. The first-order valence-electron chi connectivity index (χ1n) is 8.95. The fourth-order valence-electron chi connectivity index (χ4n) is 3.13. The quantitative estimate of drug-likeness (QED) is 0.620. The van der Waals surface area contributed by atoms with Crippen LogP contribution in [0.15, 0.2) is 21.1 Å². The molecule has 28 heavy (non-hydrogen) atoms. The van der Waals surface area contributed by atoms with Gasteiger partial charge in [-0.25, -0.2) is 4.98 Å². The second kappa shape index (κ2) is 7.46. The highest BCUT2D eigenvalue weighted by atomic mass is 16.5. The number of nitrogens with zero attached hydrogens (tertiary/aromatic N) is 3. The predicted octanol–water partition coefficient (Wildman–Crippen LogP) is 3.43. The van der Waals surface area contributed by atoms with Gasteiger partial charge in [0, 0.05) is 11.6 Å². The number of aryl methyl sites for hydroxylation is 3. The molecular formula is C20H23N3O5. The number of hydrogen-bond acceptors (Lipinski definition) is 7. The van der Waals surface area contributed by atoms with Gasteiger partial charge in [-0.2, -0.15) is 0 Å². The molecule has 0 spiro atoms.